The van der Waals surface area contributed by atoms with E-state index >= 15 is 0 Å². The molecule has 1 rings (SSSR count). The summed E-state index contributed by atoms with van der Waals surface area (Å²) in [6.07, 6.45) is 0. The molecule has 0 aromatic heterocycles. The van der Waals surface area contributed by atoms with Gasteiger partial charge in [-0.1, -0.05) is 22.0 Å². The molecule has 5 heteroatoms. The lowest BCUT2D eigenvalue weighted by Crippen LogP contribution is -2.37. The molecule has 15 heavy (non-hydrogen) atoms. The lowest BCUT2D eigenvalue weighted by atomic mass is 10.2. The van der Waals surface area contributed by atoms with Gasteiger partial charge in [-0.2, -0.15) is 0 Å². The van der Waals surface area contributed by atoms with Crippen molar-refractivity contribution in [1.82, 2.24) is 0 Å². The molecule has 0 amide bonds. The Morgan fingerprint density at radius 2 is 2.33 bits per heavy atom. The number of carboxylic acids is 1. The van der Waals surface area contributed by atoms with Crippen LogP contribution in [0.1, 0.15) is 5.56 Å². The van der Waals surface area contributed by atoms with Crippen LogP contribution in [0.2, 0.25) is 0 Å². The molecule has 0 aliphatic heterocycles. The highest BCUT2D eigenvalue weighted by atomic mass is 79.9. The van der Waals surface area contributed by atoms with Crippen molar-refractivity contribution in [3.63, 3.8) is 0 Å². The second-order valence-corrected chi connectivity index (χ2v) is 4.09. The van der Waals surface area contributed by atoms with E-state index < -0.39 is 12.0 Å². The zero-order valence-electron chi connectivity index (χ0n) is 8.33. The van der Waals surface area contributed by atoms with Crippen LogP contribution in [0, 0.1) is 6.92 Å². The predicted molar refractivity (Wildman–Crippen MR) is 63.0 cm³/mol. The van der Waals surface area contributed by atoms with E-state index in [-0.39, 0.29) is 6.54 Å². The topological polar surface area (TPSA) is 75.3 Å². The summed E-state index contributed by atoms with van der Waals surface area (Å²) in [4.78, 5) is 10.5. The molecule has 0 aliphatic carbocycles. The predicted octanol–water partition coefficient (Wildman–Crippen LogP) is 1.58. The molecule has 0 fully saturated rings. The minimum Gasteiger partial charge on any atom is -0.480 e. The van der Waals surface area contributed by atoms with Crippen molar-refractivity contribution in [3.05, 3.63) is 28.2 Å². The first-order valence-electron chi connectivity index (χ1n) is 4.49. The zero-order valence-corrected chi connectivity index (χ0v) is 9.91. The number of benzene rings is 1. The van der Waals surface area contributed by atoms with Crippen molar-refractivity contribution >= 4 is 27.6 Å². The van der Waals surface area contributed by atoms with Gasteiger partial charge in [0.15, 0.2) is 0 Å². The van der Waals surface area contributed by atoms with E-state index in [0.29, 0.717) is 0 Å². The third kappa shape index (κ3) is 3.21. The van der Waals surface area contributed by atoms with Gasteiger partial charge < -0.3 is 16.2 Å². The van der Waals surface area contributed by atoms with Gasteiger partial charge in [-0.05, 0) is 24.6 Å². The van der Waals surface area contributed by atoms with Crippen LogP contribution in [0.5, 0.6) is 0 Å². The zero-order chi connectivity index (χ0) is 11.4. The van der Waals surface area contributed by atoms with Crippen LogP contribution in [-0.4, -0.2) is 23.7 Å². The monoisotopic (exact) mass is 272 g/mol. The molecule has 1 aromatic carbocycles. The van der Waals surface area contributed by atoms with Crippen LogP contribution in [-0.2, 0) is 4.79 Å². The Balaban J connectivity index is 2.66. The number of rotatable bonds is 4. The summed E-state index contributed by atoms with van der Waals surface area (Å²) >= 11 is 3.39. The molecule has 0 radical (unpaired) electrons. The molecule has 1 atom stereocenters. The van der Waals surface area contributed by atoms with E-state index in [1.165, 1.54) is 0 Å². The summed E-state index contributed by atoms with van der Waals surface area (Å²) < 4.78 is 0.983. The van der Waals surface area contributed by atoms with E-state index in [4.69, 9.17) is 10.8 Å². The Hall–Kier alpha value is -1.07. The normalized spacial score (nSPS) is 12.2. The molecular weight excluding hydrogens is 260 g/mol. The molecule has 4 N–H and O–H groups in total. The summed E-state index contributed by atoms with van der Waals surface area (Å²) in [5.74, 6) is -1.00. The third-order valence-electron chi connectivity index (χ3n) is 2.10. The lowest BCUT2D eigenvalue weighted by Gasteiger charge is -2.12. The average Bonchev–Trinajstić information content (AvgIpc) is 2.19. The van der Waals surface area contributed by atoms with E-state index in [0.717, 1.165) is 15.7 Å². The first-order valence-corrected chi connectivity index (χ1v) is 5.29. The summed E-state index contributed by atoms with van der Waals surface area (Å²) in [6, 6.07) is 4.81. The average molecular weight is 273 g/mol. The molecule has 82 valence electrons. The van der Waals surface area contributed by atoms with Crippen LogP contribution < -0.4 is 11.1 Å². The first-order chi connectivity index (χ1) is 7.02. The molecule has 1 unspecified atom stereocenters. The molecule has 0 spiro atoms. The van der Waals surface area contributed by atoms with Crippen LogP contribution in [0.25, 0.3) is 0 Å². The first kappa shape index (κ1) is 12.0. The second kappa shape index (κ2) is 5.14. The minimum absolute atomic E-state index is 0.215. The highest BCUT2D eigenvalue weighted by molar-refractivity contribution is 9.10. The molecule has 0 saturated carbocycles. The van der Waals surface area contributed by atoms with E-state index in [9.17, 15) is 4.79 Å². The van der Waals surface area contributed by atoms with Crippen LogP contribution >= 0.6 is 15.9 Å². The Morgan fingerprint density at radius 1 is 1.67 bits per heavy atom. The smallest absolute Gasteiger partial charge is 0.322 e. The van der Waals surface area contributed by atoms with E-state index in [2.05, 4.69) is 21.2 Å². The van der Waals surface area contributed by atoms with Gasteiger partial charge in [-0.3, -0.25) is 4.79 Å². The van der Waals surface area contributed by atoms with Gasteiger partial charge in [0.2, 0.25) is 0 Å². The van der Waals surface area contributed by atoms with Gasteiger partial charge in [-0.25, -0.2) is 0 Å². The summed E-state index contributed by atoms with van der Waals surface area (Å²) in [5, 5.41) is 11.6. The molecule has 0 bridgehead atoms. The van der Waals surface area contributed by atoms with Crippen molar-refractivity contribution in [1.29, 1.82) is 0 Å². The lowest BCUT2D eigenvalue weighted by molar-refractivity contribution is -0.138. The molecule has 0 saturated heterocycles. The second-order valence-electron chi connectivity index (χ2n) is 3.24. The van der Waals surface area contributed by atoms with Crippen LogP contribution in [0.3, 0.4) is 0 Å². The molecular formula is C10H13BrN2O2. The van der Waals surface area contributed by atoms with E-state index in [1.807, 2.05) is 25.1 Å². The van der Waals surface area contributed by atoms with Gasteiger partial charge >= 0.3 is 5.97 Å². The standard InChI is InChI=1S/C10H13BrN2O2/c1-6-7(11)3-2-4-9(6)13-5-8(12)10(14)15/h2-4,8,13H,5,12H2,1H3,(H,14,15). The minimum atomic E-state index is -1.00. The van der Waals surface area contributed by atoms with E-state index in [1.54, 1.807) is 0 Å². The third-order valence-corrected chi connectivity index (χ3v) is 2.96. The van der Waals surface area contributed by atoms with Gasteiger partial charge in [0.05, 0.1) is 0 Å². The fourth-order valence-electron chi connectivity index (χ4n) is 1.11. The Labute approximate surface area is 96.6 Å². The van der Waals surface area contributed by atoms with Crippen LogP contribution in [0.15, 0.2) is 22.7 Å². The van der Waals surface area contributed by atoms with Crippen molar-refractivity contribution in [2.75, 3.05) is 11.9 Å². The van der Waals surface area contributed by atoms with Gasteiger partial charge in [0, 0.05) is 16.7 Å². The summed E-state index contributed by atoms with van der Waals surface area (Å²) in [5.41, 5.74) is 7.31. The van der Waals surface area contributed by atoms with Gasteiger partial charge in [-0.15, -0.1) is 0 Å². The van der Waals surface area contributed by atoms with Gasteiger partial charge in [0.1, 0.15) is 6.04 Å². The number of carboxylic acid groups (broad SMARTS) is 1. The Kier molecular flexibility index (Phi) is 4.11. The highest BCUT2D eigenvalue weighted by Crippen LogP contribution is 2.23. The van der Waals surface area contributed by atoms with Crippen molar-refractivity contribution in [2.45, 2.75) is 13.0 Å². The number of hydrogen-bond donors (Lipinski definition) is 3. The summed E-state index contributed by atoms with van der Waals surface area (Å²) in [6.45, 7) is 2.16. The number of hydrogen-bond acceptors (Lipinski definition) is 3. The number of nitrogens with one attached hydrogen (secondary N) is 1. The Bertz CT molecular complexity index is 368. The maximum atomic E-state index is 10.5. The van der Waals surface area contributed by atoms with Crippen LogP contribution in [0.4, 0.5) is 5.69 Å². The number of anilines is 1. The quantitative estimate of drug-likeness (QED) is 0.778. The summed E-state index contributed by atoms with van der Waals surface area (Å²) in [7, 11) is 0. The molecule has 0 heterocycles. The molecule has 1 aromatic rings. The van der Waals surface area contributed by atoms with Gasteiger partial charge in [0.25, 0.3) is 0 Å². The largest absolute Gasteiger partial charge is 0.480 e. The number of halogens is 1. The maximum absolute atomic E-state index is 10.5. The Morgan fingerprint density at radius 3 is 2.93 bits per heavy atom. The SMILES string of the molecule is Cc1c(Br)cccc1NCC(N)C(=O)O. The fraction of sp³-hybridized carbons (Fsp3) is 0.300. The number of nitrogens with two attached hydrogens (primary N) is 1. The van der Waals surface area contributed by atoms with Crippen molar-refractivity contribution in [3.8, 4) is 0 Å². The highest BCUT2D eigenvalue weighted by Gasteiger charge is 2.11. The van der Waals surface area contributed by atoms with Crippen molar-refractivity contribution < 1.29 is 9.90 Å². The molecule has 0 aliphatic rings. The maximum Gasteiger partial charge on any atom is 0.322 e. The number of aliphatic carboxylic acids is 1. The fourth-order valence-corrected chi connectivity index (χ4v) is 1.47. The molecule has 4 nitrogen and oxygen atoms in total. The van der Waals surface area contributed by atoms with Crippen molar-refractivity contribution in [2.24, 2.45) is 5.73 Å². The number of carbonyl (C=O) groups is 1.